The molecule has 0 bridgehead atoms. The molecule has 1 unspecified atom stereocenters. The highest BCUT2D eigenvalue weighted by molar-refractivity contribution is 6.43. The molecule has 1 heterocycles. The van der Waals surface area contributed by atoms with Gasteiger partial charge in [0.15, 0.2) is 5.60 Å². The van der Waals surface area contributed by atoms with Gasteiger partial charge in [0.2, 0.25) is 0 Å². The second-order valence-corrected chi connectivity index (χ2v) is 6.30. The molecule has 0 saturated carbocycles. The first-order chi connectivity index (χ1) is 11.0. The van der Waals surface area contributed by atoms with E-state index in [0.29, 0.717) is 21.8 Å². The molecule has 3 aromatic rings. The number of hydrogen-bond donors (Lipinski definition) is 2. The maximum Gasteiger partial charge on any atom is 0.265 e. The summed E-state index contributed by atoms with van der Waals surface area (Å²) >= 11 is 12.3. The lowest BCUT2D eigenvalue weighted by Gasteiger charge is -2.23. The average molecular weight is 344 g/mol. The molecule has 5 heteroatoms. The molecule has 0 fully saturated rings. The summed E-state index contributed by atoms with van der Waals surface area (Å²) in [6.45, 7) is 0. The van der Waals surface area contributed by atoms with Gasteiger partial charge in [-0.3, -0.25) is 4.79 Å². The Morgan fingerprint density at radius 1 is 0.957 bits per heavy atom. The van der Waals surface area contributed by atoms with Crippen molar-refractivity contribution in [1.29, 1.82) is 0 Å². The highest BCUT2D eigenvalue weighted by Crippen LogP contribution is 2.47. The van der Waals surface area contributed by atoms with E-state index in [-0.39, 0.29) is 5.02 Å². The number of hydrogen-bond acceptors (Lipinski definition) is 2. The van der Waals surface area contributed by atoms with Gasteiger partial charge in [-0.05, 0) is 34.5 Å². The molecule has 0 spiro atoms. The average Bonchev–Trinajstić information content (AvgIpc) is 2.83. The molecule has 1 aliphatic rings. The molecule has 0 aromatic heterocycles. The van der Waals surface area contributed by atoms with E-state index in [4.69, 9.17) is 23.2 Å². The molecule has 1 aliphatic heterocycles. The number of amides is 1. The number of aliphatic hydroxyl groups is 1. The monoisotopic (exact) mass is 343 g/mol. The first kappa shape index (κ1) is 14.5. The normalized spacial score (nSPS) is 19.7. The smallest absolute Gasteiger partial charge is 0.265 e. The van der Waals surface area contributed by atoms with E-state index < -0.39 is 11.5 Å². The number of rotatable bonds is 1. The highest BCUT2D eigenvalue weighted by atomic mass is 35.5. The summed E-state index contributed by atoms with van der Waals surface area (Å²) in [6, 6.07) is 16.4. The minimum atomic E-state index is -1.86. The summed E-state index contributed by atoms with van der Waals surface area (Å²) in [7, 11) is 0. The van der Waals surface area contributed by atoms with Gasteiger partial charge in [-0.2, -0.15) is 0 Å². The van der Waals surface area contributed by atoms with Crippen LogP contribution in [0.15, 0.2) is 54.6 Å². The van der Waals surface area contributed by atoms with Crippen LogP contribution in [-0.2, 0) is 10.4 Å². The molecular formula is C18H11Cl2NO2. The fourth-order valence-electron chi connectivity index (χ4n) is 3.02. The molecular weight excluding hydrogens is 333 g/mol. The largest absolute Gasteiger partial charge is 0.372 e. The Labute approximate surface area is 142 Å². The molecule has 3 nitrogen and oxygen atoms in total. The fraction of sp³-hybridized carbons (Fsp3) is 0.0556. The summed E-state index contributed by atoms with van der Waals surface area (Å²) in [5, 5.41) is 16.3. The van der Waals surface area contributed by atoms with Crippen molar-refractivity contribution in [2.24, 2.45) is 0 Å². The Morgan fingerprint density at radius 2 is 1.70 bits per heavy atom. The Kier molecular flexibility index (Phi) is 3.13. The van der Waals surface area contributed by atoms with Crippen LogP contribution in [0.5, 0.6) is 0 Å². The van der Waals surface area contributed by atoms with Crippen molar-refractivity contribution < 1.29 is 9.90 Å². The molecule has 1 amide bonds. The first-order valence-electron chi connectivity index (χ1n) is 7.03. The number of fused-ring (bicyclic) bond motifs is 2. The topological polar surface area (TPSA) is 49.3 Å². The van der Waals surface area contributed by atoms with Crippen molar-refractivity contribution in [3.8, 4) is 0 Å². The summed E-state index contributed by atoms with van der Waals surface area (Å²) in [5.74, 6) is -0.535. The Bertz CT molecular complexity index is 970. The molecule has 4 rings (SSSR count). The van der Waals surface area contributed by atoms with Crippen LogP contribution in [-0.4, -0.2) is 11.0 Å². The van der Waals surface area contributed by atoms with Crippen molar-refractivity contribution in [2.75, 3.05) is 5.32 Å². The molecule has 0 aliphatic carbocycles. The maximum atomic E-state index is 12.5. The lowest BCUT2D eigenvalue weighted by molar-refractivity contribution is -0.129. The number of carbonyl (C=O) groups excluding carboxylic acids is 1. The number of carbonyl (C=O) groups is 1. The van der Waals surface area contributed by atoms with Crippen molar-refractivity contribution in [1.82, 2.24) is 0 Å². The van der Waals surface area contributed by atoms with Crippen LogP contribution in [0.1, 0.15) is 11.1 Å². The van der Waals surface area contributed by atoms with Crippen LogP contribution in [0, 0.1) is 0 Å². The van der Waals surface area contributed by atoms with Crippen molar-refractivity contribution in [3.05, 3.63) is 75.8 Å². The summed E-state index contributed by atoms with van der Waals surface area (Å²) < 4.78 is 0. The lowest BCUT2D eigenvalue weighted by Crippen LogP contribution is -2.35. The third kappa shape index (κ3) is 1.98. The van der Waals surface area contributed by atoms with Crippen LogP contribution >= 0.6 is 23.2 Å². The Morgan fingerprint density at radius 3 is 2.48 bits per heavy atom. The summed E-state index contributed by atoms with van der Waals surface area (Å²) in [4.78, 5) is 12.5. The van der Waals surface area contributed by atoms with Crippen molar-refractivity contribution >= 4 is 45.6 Å². The number of benzene rings is 3. The van der Waals surface area contributed by atoms with Gasteiger partial charge in [-0.1, -0.05) is 59.6 Å². The lowest BCUT2D eigenvalue weighted by atomic mass is 9.86. The quantitative estimate of drug-likeness (QED) is 0.690. The highest BCUT2D eigenvalue weighted by Gasteiger charge is 2.48. The molecule has 114 valence electrons. The predicted molar refractivity (Wildman–Crippen MR) is 92.0 cm³/mol. The third-order valence-electron chi connectivity index (χ3n) is 4.20. The third-order valence-corrected chi connectivity index (χ3v) is 5.00. The van der Waals surface area contributed by atoms with Gasteiger partial charge in [0, 0.05) is 11.3 Å². The number of nitrogens with one attached hydrogen (secondary N) is 1. The zero-order chi connectivity index (χ0) is 16.2. The number of anilines is 1. The molecule has 2 N–H and O–H groups in total. The van der Waals surface area contributed by atoms with E-state index in [0.717, 1.165) is 10.8 Å². The Hall–Kier alpha value is -2.07. The summed E-state index contributed by atoms with van der Waals surface area (Å²) in [5.41, 5.74) is -0.634. The zero-order valence-corrected chi connectivity index (χ0v) is 13.3. The molecule has 3 aromatic carbocycles. The van der Waals surface area contributed by atoms with Gasteiger partial charge in [0.05, 0.1) is 10.0 Å². The van der Waals surface area contributed by atoms with Gasteiger partial charge in [-0.25, -0.2) is 0 Å². The maximum absolute atomic E-state index is 12.5. The fourth-order valence-corrected chi connectivity index (χ4v) is 3.48. The van der Waals surface area contributed by atoms with Gasteiger partial charge >= 0.3 is 0 Å². The predicted octanol–water partition coefficient (Wildman–Crippen LogP) is 4.33. The summed E-state index contributed by atoms with van der Waals surface area (Å²) in [6.07, 6.45) is 0. The molecule has 0 radical (unpaired) electrons. The van der Waals surface area contributed by atoms with E-state index in [1.807, 2.05) is 30.3 Å². The van der Waals surface area contributed by atoms with E-state index in [1.54, 1.807) is 24.3 Å². The van der Waals surface area contributed by atoms with E-state index in [2.05, 4.69) is 5.32 Å². The standard InChI is InChI=1S/C18H11Cl2NO2/c19-13-7-8-14-15(16(13)20)18(23,17(22)21-14)12-6-5-10-3-1-2-4-11(10)9-12/h1-9,23H,(H,21,22). The van der Waals surface area contributed by atoms with Crippen LogP contribution in [0.3, 0.4) is 0 Å². The minimum absolute atomic E-state index is 0.179. The van der Waals surface area contributed by atoms with Gasteiger partial charge < -0.3 is 10.4 Å². The van der Waals surface area contributed by atoms with Gasteiger partial charge in [-0.15, -0.1) is 0 Å². The number of halogens is 2. The van der Waals surface area contributed by atoms with E-state index in [1.165, 1.54) is 0 Å². The SMILES string of the molecule is O=C1Nc2ccc(Cl)c(Cl)c2C1(O)c1ccc2ccccc2c1. The van der Waals surface area contributed by atoms with Crippen molar-refractivity contribution in [3.63, 3.8) is 0 Å². The molecule has 0 saturated heterocycles. The van der Waals surface area contributed by atoms with Gasteiger partial charge in [0.1, 0.15) is 0 Å². The Balaban J connectivity index is 2.00. The minimum Gasteiger partial charge on any atom is -0.372 e. The van der Waals surface area contributed by atoms with Crippen LogP contribution in [0.4, 0.5) is 5.69 Å². The van der Waals surface area contributed by atoms with Crippen molar-refractivity contribution in [2.45, 2.75) is 5.60 Å². The van der Waals surface area contributed by atoms with Gasteiger partial charge in [0.25, 0.3) is 5.91 Å². The van der Waals surface area contributed by atoms with E-state index >= 15 is 0 Å². The molecule has 1 atom stereocenters. The second kappa shape index (κ2) is 4.96. The zero-order valence-electron chi connectivity index (χ0n) is 11.8. The first-order valence-corrected chi connectivity index (χ1v) is 7.79. The van der Waals surface area contributed by atoms with Crippen LogP contribution < -0.4 is 5.32 Å². The van der Waals surface area contributed by atoms with E-state index in [9.17, 15) is 9.90 Å². The van der Waals surface area contributed by atoms with Crippen LogP contribution in [0.25, 0.3) is 10.8 Å². The molecule has 23 heavy (non-hydrogen) atoms. The second-order valence-electron chi connectivity index (χ2n) is 5.51. The van der Waals surface area contributed by atoms with Crippen LogP contribution in [0.2, 0.25) is 10.0 Å².